The molecule has 1 amide bonds. The summed E-state index contributed by atoms with van der Waals surface area (Å²) in [5, 5.41) is 0. The second-order valence-electron chi connectivity index (χ2n) is 6.60. The molecule has 0 aliphatic carbocycles. The Hall–Kier alpha value is -3.00. The maximum atomic E-state index is 12.5. The molecule has 3 rings (SSSR count). The highest BCUT2D eigenvalue weighted by atomic mass is 32.2. The molecular weight excluding hydrogens is 394 g/mol. The van der Waals surface area contributed by atoms with Gasteiger partial charge < -0.3 is 9.64 Å². The van der Waals surface area contributed by atoms with E-state index in [1.54, 1.807) is 29.2 Å². The third-order valence-corrected chi connectivity index (χ3v) is 6.50. The third kappa shape index (κ3) is 4.54. The van der Waals surface area contributed by atoms with Gasteiger partial charge in [-0.1, -0.05) is 31.2 Å². The van der Waals surface area contributed by atoms with Crippen molar-refractivity contribution >= 4 is 33.2 Å². The first-order chi connectivity index (χ1) is 13.8. The number of rotatable bonds is 7. The number of Topliss-reactive ketones (excluding diaryl/α,β-unsaturated/α-hetero) is 1. The van der Waals surface area contributed by atoms with Gasteiger partial charge in [-0.15, -0.1) is 0 Å². The van der Waals surface area contributed by atoms with Crippen LogP contribution in [0.25, 0.3) is 0 Å². The average Bonchev–Trinajstić information content (AvgIpc) is 3.17. The van der Waals surface area contributed by atoms with Gasteiger partial charge >= 0.3 is 5.97 Å². The number of carbonyl (C=O) groups excluding carboxylic acids is 3. The zero-order valence-electron chi connectivity index (χ0n) is 16.0. The molecule has 2 aromatic carbocycles. The Kier molecular flexibility index (Phi) is 6.12. The van der Waals surface area contributed by atoms with Crippen molar-refractivity contribution in [3.63, 3.8) is 0 Å². The highest BCUT2D eigenvalue weighted by Crippen LogP contribution is 2.23. The fraction of sp³-hybridized carbons (Fsp3) is 0.286. The van der Waals surface area contributed by atoms with Crippen LogP contribution >= 0.6 is 0 Å². The van der Waals surface area contributed by atoms with Gasteiger partial charge in [0.15, 0.2) is 22.2 Å². The Bertz CT molecular complexity index is 1060. The van der Waals surface area contributed by atoms with Gasteiger partial charge in [-0.2, -0.15) is 0 Å². The van der Waals surface area contributed by atoms with E-state index in [1.165, 1.54) is 31.2 Å². The van der Waals surface area contributed by atoms with Crippen molar-refractivity contribution in [1.82, 2.24) is 0 Å². The number of esters is 1. The molecule has 7 nitrogen and oxygen atoms in total. The molecule has 0 atom stereocenters. The van der Waals surface area contributed by atoms with Crippen LogP contribution in [0.2, 0.25) is 0 Å². The largest absolute Gasteiger partial charge is 0.454 e. The van der Waals surface area contributed by atoms with Gasteiger partial charge in [-0.05, 0) is 30.7 Å². The standard InChI is InChI=1S/C21H21NO6S/c1-2-29(26,27)19-10-4-3-9-17(19)21(25)28-14-18(23)15-7-5-8-16(13-15)22-12-6-11-20(22)24/h3-5,7-10,13H,2,6,11-12,14H2,1H3. The predicted molar refractivity (Wildman–Crippen MR) is 107 cm³/mol. The van der Waals surface area contributed by atoms with E-state index >= 15 is 0 Å². The monoisotopic (exact) mass is 415 g/mol. The molecule has 152 valence electrons. The van der Waals surface area contributed by atoms with E-state index in [0.717, 1.165) is 6.42 Å². The molecule has 0 unspecified atom stereocenters. The molecule has 8 heteroatoms. The summed E-state index contributed by atoms with van der Waals surface area (Å²) >= 11 is 0. The number of anilines is 1. The van der Waals surface area contributed by atoms with Crippen LogP contribution in [-0.4, -0.2) is 45.0 Å². The van der Waals surface area contributed by atoms with Crippen LogP contribution in [0, 0.1) is 0 Å². The number of ketones is 1. The van der Waals surface area contributed by atoms with E-state index in [1.807, 2.05) is 0 Å². The van der Waals surface area contributed by atoms with E-state index < -0.39 is 28.2 Å². The fourth-order valence-corrected chi connectivity index (χ4v) is 4.21. The number of benzene rings is 2. The maximum absolute atomic E-state index is 12.5. The molecule has 1 aliphatic heterocycles. The summed E-state index contributed by atoms with van der Waals surface area (Å²) in [5.41, 5.74) is 0.840. The molecule has 1 saturated heterocycles. The van der Waals surface area contributed by atoms with Crippen LogP contribution < -0.4 is 4.90 Å². The molecule has 1 aliphatic rings. The molecular formula is C21H21NO6S. The van der Waals surface area contributed by atoms with Crippen LogP contribution in [0.3, 0.4) is 0 Å². The summed E-state index contributed by atoms with van der Waals surface area (Å²) in [5.74, 6) is -1.47. The van der Waals surface area contributed by atoms with Gasteiger partial charge in [0.05, 0.1) is 16.2 Å². The van der Waals surface area contributed by atoms with Gasteiger partial charge in [-0.3, -0.25) is 9.59 Å². The number of sulfone groups is 1. The normalized spacial score (nSPS) is 14.1. The van der Waals surface area contributed by atoms with Gasteiger partial charge in [0.25, 0.3) is 0 Å². The molecule has 0 bridgehead atoms. The number of carbonyl (C=O) groups is 3. The van der Waals surface area contributed by atoms with Gasteiger partial charge in [0.1, 0.15) is 0 Å². The van der Waals surface area contributed by atoms with Crippen molar-refractivity contribution in [2.45, 2.75) is 24.7 Å². The SMILES string of the molecule is CCS(=O)(=O)c1ccccc1C(=O)OCC(=O)c1cccc(N2CCCC2=O)c1. The number of ether oxygens (including phenoxy) is 1. The van der Waals surface area contributed by atoms with Gasteiger partial charge in [-0.25, -0.2) is 13.2 Å². The molecule has 0 N–H and O–H groups in total. The molecule has 1 fully saturated rings. The van der Waals surface area contributed by atoms with E-state index in [0.29, 0.717) is 24.2 Å². The molecule has 0 spiro atoms. The smallest absolute Gasteiger partial charge is 0.339 e. The lowest BCUT2D eigenvalue weighted by Crippen LogP contribution is -2.24. The first-order valence-corrected chi connectivity index (χ1v) is 10.9. The Labute approximate surface area is 169 Å². The molecule has 0 radical (unpaired) electrons. The second-order valence-corrected chi connectivity index (χ2v) is 8.84. The van der Waals surface area contributed by atoms with Crippen LogP contribution in [0.5, 0.6) is 0 Å². The highest BCUT2D eigenvalue weighted by molar-refractivity contribution is 7.91. The summed E-state index contributed by atoms with van der Waals surface area (Å²) < 4.78 is 29.4. The molecule has 29 heavy (non-hydrogen) atoms. The summed E-state index contributed by atoms with van der Waals surface area (Å²) in [6.07, 6.45) is 1.25. The Morgan fingerprint density at radius 1 is 1.10 bits per heavy atom. The van der Waals surface area contributed by atoms with E-state index in [4.69, 9.17) is 4.74 Å². The number of hydrogen-bond acceptors (Lipinski definition) is 6. The minimum atomic E-state index is -3.61. The minimum Gasteiger partial charge on any atom is -0.454 e. The Morgan fingerprint density at radius 3 is 2.55 bits per heavy atom. The first-order valence-electron chi connectivity index (χ1n) is 9.26. The zero-order valence-corrected chi connectivity index (χ0v) is 16.8. The van der Waals surface area contributed by atoms with Crippen LogP contribution in [0.15, 0.2) is 53.4 Å². The average molecular weight is 415 g/mol. The highest BCUT2D eigenvalue weighted by Gasteiger charge is 2.24. The van der Waals surface area contributed by atoms with Crippen molar-refractivity contribution in [1.29, 1.82) is 0 Å². The number of nitrogens with zero attached hydrogens (tertiary/aromatic N) is 1. The maximum Gasteiger partial charge on any atom is 0.339 e. The lowest BCUT2D eigenvalue weighted by Gasteiger charge is -2.16. The summed E-state index contributed by atoms with van der Waals surface area (Å²) in [4.78, 5) is 38.3. The third-order valence-electron chi connectivity index (χ3n) is 4.71. The van der Waals surface area contributed by atoms with Gasteiger partial charge in [0.2, 0.25) is 5.91 Å². The molecule has 0 saturated carbocycles. The number of amides is 1. The van der Waals surface area contributed by atoms with Crippen molar-refractivity contribution in [3.8, 4) is 0 Å². The van der Waals surface area contributed by atoms with Crippen molar-refractivity contribution in [3.05, 3.63) is 59.7 Å². The van der Waals surface area contributed by atoms with Crippen LogP contribution in [-0.2, 0) is 19.4 Å². The van der Waals surface area contributed by atoms with Crippen molar-refractivity contribution in [2.75, 3.05) is 23.8 Å². The quantitative estimate of drug-likeness (QED) is 0.509. The molecule has 0 aromatic heterocycles. The fourth-order valence-electron chi connectivity index (χ4n) is 3.12. The molecule has 2 aromatic rings. The van der Waals surface area contributed by atoms with Crippen molar-refractivity contribution < 1.29 is 27.5 Å². The van der Waals surface area contributed by atoms with E-state index in [9.17, 15) is 22.8 Å². The summed E-state index contributed by atoms with van der Waals surface area (Å²) in [6, 6.07) is 12.3. The molecule has 1 heterocycles. The predicted octanol–water partition coefficient (Wildman–Crippen LogP) is 2.65. The van der Waals surface area contributed by atoms with E-state index in [2.05, 4.69) is 0 Å². The zero-order chi connectivity index (χ0) is 21.0. The summed E-state index contributed by atoms with van der Waals surface area (Å²) in [6.45, 7) is 1.56. The van der Waals surface area contributed by atoms with Gasteiger partial charge in [0, 0.05) is 24.2 Å². The second kappa shape index (κ2) is 8.57. The van der Waals surface area contributed by atoms with Crippen molar-refractivity contribution in [2.24, 2.45) is 0 Å². The topological polar surface area (TPSA) is 97.8 Å². The van der Waals surface area contributed by atoms with E-state index in [-0.39, 0.29) is 22.1 Å². The van der Waals surface area contributed by atoms with Crippen LogP contribution in [0.1, 0.15) is 40.5 Å². The minimum absolute atomic E-state index is 0.00904. The Balaban J connectivity index is 1.72. The van der Waals surface area contributed by atoms with Crippen LogP contribution in [0.4, 0.5) is 5.69 Å². The first kappa shape index (κ1) is 20.7. The lowest BCUT2D eigenvalue weighted by molar-refractivity contribution is -0.117. The Morgan fingerprint density at radius 2 is 1.86 bits per heavy atom. The number of hydrogen-bond donors (Lipinski definition) is 0. The lowest BCUT2D eigenvalue weighted by atomic mass is 10.1. The summed E-state index contributed by atoms with van der Waals surface area (Å²) in [7, 11) is -3.61.